The molecule has 0 spiro atoms. The van der Waals surface area contributed by atoms with Gasteiger partial charge in [0, 0.05) is 0 Å². The maximum atomic E-state index is 11.6. The van der Waals surface area contributed by atoms with Crippen molar-refractivity contribution in [1.82, 2.24) is 0 Å². The highest BCUT2D eigenvalue weighted by atomic mass is 16.5. The fourth-order valence-electron chi connectivity index (χ4n) is 2.13. The first kappa shape index (κ1) is 20.4. The summed E-state index contributed by atoms with van der Waals surface area (Å²) in [7, 11) is 0. The van der Waals surface area contributed by atoms with E-state index in [1.54, 1.807) is 0 Å². The van der Waals surface area contributed by atoms with Crippen LogP contribution in [0.3, 0.4) is 0 Å². The lowest BCUT2D eigenvalue weighted by Crippen LogP contribution is -2.30. The van der Waals surface area contributed by atoms with Gasteiger partial charge in [-0.25, -0.2) is 0 Å². The van der Waals surface area contributed by atoms with Gasteiger partial charge in [-0.15, -0.1) is 0 Å². The highest BCUT2D eigenvalue weighted by molar-refractivity contribution is 5.84. The number of carboxylic acids is 2. The smallest absolute Gasteiger partial charge is 0.307 e. The van der Waals surface area contributed by atoms with E-state index < -0.39 is 36.2 Å². The van der Waals surface area contributed by atoms with Crippen LogP contribution in [0.4, 0.5) is 0 Å². The summed E-state index contributed by atoms with van der Waals surface area (Å²) in [5.41, 5.74) is 0. The fraction of sp³-hybridized carbons (Fsp3) is 0.812. The van der Waals surface area contributed by atoms with Crippen molar-refractivity contribution in [2.45, 2.75) is 65.2 Å². The average molecular weight is 316 g/mol. The summed E-state index contributed by atoms with van der Waals surface area (Å²) in [6.07, 6.45) is 7.28. The van der Waals surface area contributed by atoms with Gasteiger partial charge in [0.2, 0.25) is 0 Å². The third-order valence-corrected chi connectivity index (χ3v) is 3.71. The second-order valence-electron chi connectivity index (χ2n) is 5.62. The second-order valence-corrected chi connectivity index (χ2v) is 5.62. The molecule has 0 aromatic heterocycles. The molecule has 2 atom stereocenters. The van der Waals surface area contributed by atoms with Crippen LogP contribution >= 0.6 is 0 Å². The molecule has 22 heavy (non-hydrogen) atoms. The van der Waals surface area contributed by atoms with Crippen molar-refractivity contribution >= 4 is 17.9 Å². The molecule has 2 N–H and O–H groups in total. The van der Waals surface area contributed by atoms with E-state index in [0.29, 0.717) is 0 Å². The number of rotatable bonds is 13. The molecule has 0 amide bonds. The SMILES string of the molecule is CCCCCCCCCOC(=O)CC(C(=O)O)C(C)C(=O)O. The second kappa shape index (κ2) is 12.0. The summed E-state index contributed by atoms with van der Waals surface area (Å²) >= 11 is 0. The van der Waals surface area contributed by atoms with Crippen LogP contribution in [-0.4, -0.2) is 34.7 Å². The molecule has 0 aliphatic carbocycles. The summed E-state index contributed by atoms with van der Waals surface area (Å²) in [6, 6.07) is 0. The van der Waals surface area contributed by atoms with Gasteiger partial charge in [-0.3, -0.25) is 14.4 Å². The Hall–Kier alpha value is -1.59. The highest BCUT2D eigenvalue weighted by Gasteiger charge is 2.32. The Morgan fingerprint density at radius 2 is 1.45 bits per heavy atom. The van der Waals surface area contributed by atoms with Crippen LogP contribution in [0.5, 0.6) is 0 Å². The topological polar surface area (TPSA) is 101 Å². The molecule has 0 fully saturated rings. The molecule has 0 saturated heterocycles. The minimum atomic E-state index is -1.29. The molecule has 2 unspecified atom stereocenters. The first-order valence-corrected chi connectivity index (χ1v) is 8.01. The van der Waals surface area contributed by atoms with E-state index in [2.05, 4.69) is 6.92 Å². The number of aliphatic carboxylic acids is 2. The largest absolute Gasteiger partial charge is 0.481 e. The van der Waals surface area contributed by atoms with Gasteiger partial charge < -0.3 is 14.9 Å². The lowest BCUT2D eigenvalue weighted by Gasteiger charge is -2.15. The van der Waals surface area contributed by atoms with Crippen LogP contribution in [0.1, 0.15) is 65.2 Å². The first-order valence-electron chi connectivity index (χ1n) is 8.01. The van der Waals surface area contributed by atoms with Crippen LogP contribution in [0.15, 0.2) is 0 Å². The summed E-state index contributed by atoms with van der Waals surface area (Å²) in [6.45, 7) is 3.71. The van der Waals surface area contributed by atoms with Crippen molar-refractivity contribution in [3.8, 4) is 0 Å². The van der Waals surface area contributed by atoms with Crippen LogP contribution in [0, 0.1) is 11.8 Å². The number of ether oxygens (including phenoxy) is 1. The molecule has 0 aromatic carbocycles. The third kappa shape index (κ3) is 9.37. The number of carbonyl (C=O) groups excluding carboxylic acids is 1. The quantitative estimate of drug-likeness (QED) is 0.400. The minimum Gasteiger partial charge on any atom is -0.481 e. The van der Waals surface area contributed by atoms with Crippen LogP contribution in [-0.2, 0) is 19.1 Å². The van der Waals surface area contributed by atoms with Gasteiger partial charge in [0.05, 0.1) is 24.9 Å². The lowest BCUT2D eigenvalue weighted by atomic mass is 9.91. The van der Waals surface area contributed by atoms with Crippen molar-refractivity contribution < 1.29 is 29.3 Å². The maximum Gasteiger partial charge on any atom is 0.307 e. The monoisotopic (exact) mass is 316 g/mol. The van der Waals surface area contributed by atoms with Crippen molar-refractivity contribution in [1.29, 1.82) is 0 Å². The summed E-state index contributed by atoms with van der Waals surface area (Å²) in [5.74, 6) is -5.54. The van der Waals surface area contributed by atoms with E-state index >= 15 is 0 Å². The fourth-order valence-corrected chi connectivity index (χ4v) is 2.13. The summed E-state index contributed by atoms with van der Waals surface area (Å²) < 4.78 is 4.99. The molecule has 0 bridgehead atoms. The molecule has 6 heteroatoms. The molecular weight excluding hydrogens is 288 g/mol. The molecule has 6 nitrogen and oxygen atoms in total. The molecular formula is C16H28O6. The predicted molar refractivity (Wildman–Crippen MR) is 81.5 cm³/mol. The Balaban J connectivity index is 3.87. The van der Waals surface area contributed by atoms with E-state index in [0.717, 1.165) is 19.3 Å². The zero-order chi connectivity index (χ0) is 17.0. The molecule has 0 rings (SSSR count). The van der Waals surface area contributed by atoms with Gasteiger partial charge in [-0.1, -0.05) is 52.4 Å². The molecule has 0 aliphatic heterocycles. The average Bonchev–Trinajstić information content (AvgIpc) is 2.46. The highest BCUT2D eigenvalue weighted by Crippen LogP contribution is 2.17. The predicted octanol–water partition coefficient (Wildman–Crippen LogP) is 3.09. The van der Waals surface area contributed by atoms with E-state index in [9.17, 15) is 14.4 Å². The number of carboxylic acid groups (broad SMARTS) is 2. The van der Waals surface area contributed by atoms with Gasteiger partial charge in [-0.05, 0) is 6.42 Å². The van der Waals surface area contributed by atoms with Crippen molar-refractivity contribution in [3.63, 3.8) is 0 Å². The van der Waals surface area contributed by atoms with Crippen LogP contribution in [0.25, 0.3) is 0 Å². The Bertz CT molecular complexity index is 353. The Morgan fingerprint density at radius 1 is 0.909 bits per heavy atom. The van der Waals surface area contributed by atoms with Gasteiger partial charge in [0.25, 0.3) is 0 Å². The number of carbonyl (C=O) groups is 3. The molecule has 0 saturated carbocycles. The number of hydrogen-bond donors (Lipinski definition) is 2. The Morgan fingerprint density at radius 3 is 1.95 bits per heavy atom. The number of esters is 1. The third-order valence-electron chi connectivity index (χ3n) is 3.71. The maximum absolute atomic E-state index is 11.6. The summed E-state index contributed by atoms with van der Waals surface area (Å²) in [5, 5.41) is 17.8. The van der Waals surface area contributed by atoms with E-state index in [4.69, 9.17) is 14.9 Å². The van der Waals surface area contributed by atoms with Crippen molar-refractivity contribution in [2.75, 3.05) is 6.61 Å². The standard InChI is InChI=1S/C16H28O6/c1-3-4-5-6-7-8-9-10-22-14(17)11-13(16(20)21)12(2)15(18)19/h12-13H,3-11H2,1-2H3,(H,18,19)(H,20,21). The Labute approximate surface area is 131 Å². The summed E-state index contributed by atoms with van der Waals surface area (Å²) in [4.78, 5) is 33.4. The zero-order valence-corrected chi connectivity index (χ0v) is 13.5. The van der Waals surface area contributed by atoms with E-state index in [-0.39, 0.29) is 6.61 Å². The van der Waals surface area contributed by atoms with E-state index in [1.807, 2.05) is 0 Å². The van der Waals surface area contributed by atoms with Crippen molar-refractivity contribution in [3.05, 3.63) is 0 Å². The van der Waals surface area contributed by atoms with Crippen molar-refractivity contribution in [2.24, 2.45) is 11.8 Å². The molecule has 0 heterocycles. The molecule has 0 aromatic rings. The van der Waals surface area contributed by atoms with Gasteiger partial charge >= 0.3 is 17.9 Å². The minimum absolute atomic E-state index is 0.264. The normalized spacial score (nSPS) is 13.4. The Kier molecular flexibility index (Phi) is 11.1. The molecule has 0 aliphatic rings. The molecule has 0 radical (unpaired) electrons. The molecule has 128 valence electrons. The van der Waals surface area contributed by atoms with E-state index in [1.165, 1.54) is 32.6 Å². The van der Waals surface area contributed by atoms with Crippen LogP contribution in [0.2, 0.25) is 0 Å². The van der Waals surface area contributed by atoms with Crippen LogP contribution < -0.4 is 0 Å². The van der Waals surface area contributed by atoms with Gasteiger partial charge in [0.1, 0.15) is 0 Å². The number of unbranched alkanes of at least 4 members (excludes halogenated alkanes) is 6. The van der Waals surface area contributed by atoms with Gasteiger partial charge in [0.15, 0.2) is 0 Å². The lowest BCUT2D eigenvalue weighted by molar-refractivity contribution is -0.158. The number of hydrogen-bond acceptors (Lipinski definition) is 4. The zero-order valence-electron chi connectivity index (χ0n) is 13.5. The first-order chi connectivity index (χ1) is 10.4. The van der Waals surface area contributed by atoms with Gasteiger partial charge in [-0.2, -0.15) is 0 Å².